The van der Waals surface area contributed by atoms with Crippen LogP contribution in [0.1, 0.15) is 57.1 Å². The first-order valence-electron chi connectivity index (χ1n) is 13.6. The summed E-state index contributed by atoms with van der Waals surface area (Å²) in [4.78, 5) is 53.1. The minimum Gasteiger partial charge on any atom is -0.465 e. The predicted molar refractivity (Wildman–Crippen MR) is 150 cm³/mol. The number of thioether (sulfide) groups is 1. The van der Waals surface area contributed by atoms with Crippen LogP contribution >= 0.6 is 11.8 Å². The van der Waals surface area contributed by atoms with Gasteiger partial charge in [0.2, 0.25) is 0 Å². The van der Waals surface area contributed by atoms with Crippen molar-refractivity contribution in [3.05, 3.63) is 71.8 Å². The maximum Gasteiger partial charge on any atom is 0.330 e. The van der Waals surface area contributed by atoms with E-state index >= 15 is 0 Å². The summed E-state index contributed by atoms with van der Waals surface area (Å²) in [6.45, 7) is 3.66. The van der Waals surface area contributed by atoms with Crippen molar-refractivity contribution in [1.82, 2.24) is 4.90 Å². The van der Waals surface area contributed by atoms with Crippen LogP contribution in [0.4, 0.5) is 0 Å². The second-order valence-electron chi connectivity index (χ2n) is 9.80. The molecule has 2 aliphatic heterocycles. The predicted octanol–water partition coefficient (Wildman–Crippen LogP) is 4.72. The van der Waals surface area contributed by atoms with E-state index in [-0.39, 0.29) is 19.3 Å². The Hall–Kier alpha value is -3.46. The molecule has 0 radical (unpaired) electrons. The standard InChI is InChI=1S/C30H33N3O5S/c1-3-37-26(34)23-24(27(35)38-4-2)33-28(36)30(20-14-8-5-9-15-20,21-16-10-6-11-17-21)32-29(33)39-25(23)31-22-18-12-7-13-19-22/h5-6,8-11,14-17,22-24H,3-4,7,12-13,18-19H2,1-2H3/t23-,24-/m0/s1. The minimum atomic E-state index is -1.42. The van der Waals surface area contributed by atoms with Crippen molar-refractivity contribution in [2.24, 2.45) is 15.9 Å². The molecular weight excluding hydrogens is 514 g/mol. The Bertz CT molecular complexity index is 1230. The minimum absolute atomic E-state index is 0.0401. The molecule has 0 aromatic heterocycles. The van der Waals surface area contributed by atoms with Crippen molar-refractivity contribution in [3.63, 3.8) is 0 Å². The maximum absolute atomic E-state index is 14.6. The molecule has 1 saturated carbocycles. The lowest BCUT2D eigenvalue weighted by Crippen LogP contribution is -2.59. The van der Waals surface area contributed by atoms with E-state index in [9.17, 15) is 14.4 Å². The second kappa shape index (κ2) is 11.7. The lowest BCUT2D eigenvalue weighted by Gasteiger charge is -2.38. The zero-order valence-corrected chi connectivity index (χ0v) is 23.1. The van der Waals surface area contributed by atoms with Gasteiger partial charge in [-0.2, -0.15) is 0 Å². The number of aliphatic imine (C=N–C) groups is 2. The third-order valence-corrected chi connectivity index (χ3v) is 8.43. The molecule has 5 rings (SSSR count). The lowest BCUT2D eigenvalue weighted by atomic mass is 9.82. The van der Waals surface area contributed by atoms with E-state index in [1.807, 2.05) is 60.7 Å². The molecule has 2 aromatic carbocycles. The molecule has 9 heteroatoms. The van der Waals surface area contributed by atoms with Crippen LogP contribution < -0.4 is 0 Å². The van der Waals surface area contributed by atoms with Gasteiger partial charge >= 0.3 is 11.9 Å². The van der Waals surface area contributed by atoms with Crippen LogP contribution in [0.15, 0.2) is 70.6 Å². The molecule has 2 atom stereocenters. The monoisotopic (exact) mass is 547 g/mol. The van der Waals surface area contributed by atoms with Gasteiger partial charge in [-0.25, -0.2) is 9.79 Å². The number of ether oxygens (including phenoxy) is 2. The number of rotatable bonds is 7. The van der Waals surface area contributed by atoms with Gasteiger partial charge in [0.25, 0.3) is 5.91 Å². The third kappa shape index (κ3) is 5.00. The normalized spacial score (nSPS) is 23.7. The van der Waals surface area contributed by atoms with E-state index in [4.69, 9.17) is 19.5 Å². The summed E-state index contributed by atoms with van der Waals surface area (Å²) in [5, 5.41) is 0.791. The van der Waals surface area contributed by atoms with Crippen LogP contribution in [-0.4, -0.2) is 58.3 Å². The number of nitrogens with zero attached hydrogens (tertiary/aromatic N) is 3. The van der Waals surface area contributed by atoms with Gasteiger partial charge in [-0.05, 0) is 49.6 Å². The van der Waals surface area contributed by atoms with Crippen molar-refractivity contribution >= 4 is 39.8 Å². The molecule has 0 spiro atoms. The molecule has 3 aliphatic rings. The molecule has 1 saturated heterocycles. The number of esters is 2. The fourth-order valence-corrected chi connectivity index (χ4v) is 6.81. The molecule has 8 nitrogen and oxygen atoms in total. The Kier molecular flexibility index (Phi) is 8.16. The highest BCUT2D eigenvalue weighted by atomic mass is 32.2. The fourth-order valence-electron chi connectivity index (χ4n) is 5.59. The zero-order chi connectivity index (χ0) is 27.4. The molecule has 204 valence electrons. The summed E-state index contributed by atoms with van der Waals surface area (Å²) in [6, 6.07) is 17.4. The molecule has 0 N–H and O–H groups in total. The lowest BCUT2D eigenvalue weighted by molar-refractivity contribution is -0.159. The van der Waals surface area contributed by atoms with Gasteiger partial charge in [-0.1, -0.05) is 79.9 Å². The van der Waals surface area contributed by atoms with Gasteiger partial charge < -0.3 is 9.47 Å². The van der Waals surface area contributed by atoms with E-state index in [2.05, 4.69) is 0 Å². The summed E-state index contributed by atoms with van der Waals surface area (Å²) in [5.41, 5.74) is -0.0794. The molecule has 0 unspecified atom stereocenters. The molecule has 2 heterocycles. The fraction of sp³-hybridized carbons (Fsp3) is 0.433. The molecule has 1 amide bonds. The number of fused-ring (bicyclic) bond motifs is 1. The van der Waals surface area contributed by atoms with E-state index in [0.717, 1.165) is 32.1 Å². The number of amides is 1. The van der Waals surface area contributed by atoms with E-state index in [0.29, 0.717) is 21.3 Å². The molecular formula is C30H33N3O5S. The van der Waals surface area contributed by atoms with Crippen LogP contribution in [0.2, 0.25) is 0 Å². The number of hydrogen-bond donors (Lipinski definition) is 0. The van der Waals surface area contributed by atoms with Gasteiger partial charge in [0.1, 0.15) is 5.92 Å². The first-order chi connectivity index (χ1) is 19.0. The van der Waals surface area contributed by atoms with Gasteiger partial charge in [0.05, 0.1) is 24.3 Å². The van der Waals surface area contributed by atoms with Crippen molar-refractivity contribution < 1.29 is 23.9 Å². The Balaban J connectivity index is 1.70. The number of benzene rings is 2. The zero-order valence-electron chi connectivity index (χ0n) is 22.2. The van der Waals surface area contributed by atoms with Crippen molar-refractivity contribution in [2.45, 2.75) is 63.6 Å². The Labute approximate surface area is 232 Å². The van der Waals surface area contributed by atoms with Gasteiger partial charge in [0.15, 0.2) is 16.7 Å². The number of carbonyl (C=O) groups excluding carboxylic acids is 3. The maximum atomic E-state index is 14.6. The molecule has 39 heavy (non-hydrogen) atoms. The third-order valence-electron chi connectivity index (χ3n) is 7.39. The molecule has 0 bridgehead atoms. The molecule has 2 aromatic rings. The summed E-state index contributed by atoms with van der Waals surface area (Å²) < 4.78 is 10.9. The van der Waals surface area contributed by atoms with Crippen molar-refractivity contribution in [3.8, 4) is 0 Å². The topological polar surface area (TPSA) is 97.6 Å². The largest absolute Gasteiger partial charge is 0.465 e. The highest BCUT2D eigenvalue weighted by molar-refractivity contribution is 8.26. The molecule has 1 aliphatic carbocycles. The average molecular weight is 548 g/mol. The van der Waals surface area contributed by atoms with Crippen LogP contribution in [0.5, 0.6) is 0 Å². The van der Waals surface area contributed by atoms with Crippen LogP contribution in [0.3, 0.4) is 0 Å². The highest BCUT2D eigenvalue weighted by Gasteiger charge is 2.60. The number of hydrogen-bond acceptors (Lipinski definition) is 8. The summed E-state index contributed by atoms with van der Waals surface area (Å²) in [7, 11) is 0. The van der Waals surface area contributed by atoms with Crippen LogP contribution in [0.25, 0.3) is 0 Å². The van der Waals surface area contributed by atoms with Crippen molar-refractivity contribution in [2.75, 3.05) is 13.2 Å². The summed E-state index contributed by atoms with van der Waals surface area (Å²) >= 11 is 1.19. The highest BCUT2D eigenvalue weighted by Crippen LogP contribution is 2.47. The van der Waals surface area contributed by atoms with E-state index < -0.39 is 35.3 Å². The SMILES string of the molecule is CCOC(=O)[C@@H]1C(=NC2CCCCC2)SC2=NC(c3ccccc3)(c3ccccc3)C(=O)N2[C@@H]1C(=O)OCC. The van der Waals surface area contributed by atoms with Crippen LogP contribution in [-0.2, 0) is 29.4 Å². The number of amidine groups is 1. The Morgan fingerprint density at radius 2 is 1.49 bits per heavy atom. The first kappa shape index (κ1) is 27.1. The van der Waals surface area contributed by atoms with Crippen LogP contribution in [0, 0.1) is 5.92 Å². The smallest absolute Gasteiger partial charge is 0.330 e. The van der Waals surface area contributed by atoms with E-state index in [1.165, 1.54) is 16.7 Å². The van der Waals surface area contributed by atoms with Gasteiger partial charge in [-0.3, -0.25) is 19.5 Å². The average Bonchev–Trinajstić information content (AvgIpc) is 3.26. The summed E-state index contributed by atoms with van der Waals surface area (Å²) in [5.74, 6) is -2.78. The number of carbonyl (C=O) groups is 3. The van der Waals surface area contributed by atoms with E-state index in [1.54, 1.807) is 13.8 Å². The van der Waals surface area contributed by atoms with Gasteiger partial charge in [0, 0.05) is 0 Å². The Morgan fingerprint density at radius 3 is 2.05 bits per heavy atom. The Morgan fingerprint density at radius 1 is 0.923 bits per heavy atom. The van der Waals surface area contributed by atoms with Crippen molar-refractivity contribution in [1.29, 1.82) is 0 Å². The molecule has 2 fully saturated rings. The van der Waals surface area contributed by atoms with Gasteiger partial charge in [-0.15, -0.1) is 0 Å². The second-order valence-corrected chi connectivity index (χ2v) is 10.8. The first-order valence-corrected chi connectivity index (χ1v) is 14.5. The quantitative estimate of drug-likeness (QED) is 0.466. The summed E-state index contributed by atoms with van der Waals surface area (Å²) in [6.07, 6.45) is 5.11.